The molecule has 1 atom stereocenters. The van der Waals surface area contributed by atoms with Crippen LogP contribution in [0.2, 0.25) is 0 Å². The summed E-state index contributed by atoms with van der Waals surface area (Å²) in [6.07, 6.45) is 3.01. The van der Waals surface area contributed by atoms with Gasteiger partial charge in [0.2, 0.25) is 0 Å². The first-order chi connectivity index (χ1) is 5.42. The van der Waals surface area contributed by atoms with Crippen molar-refractivity contribution < 1.29 is 12.9 Å². The molecule has 12 heavy (non-hydrogen) atoms. The smallest absolute Gasteiger partial charge is 0.284 e. The van der Waals surface area contributed by atoms with E-state index >= 15 is 0 Å². The normalized spacial score (nSPS) is 14.7. The van der Waals surface area contributed by atoms with Crippen LogP contribution in [0.3, 0.4) is 0 Å². The van der Waals surface area contributed by atoms with Crippen molar-refractivity contribution in [3.8, 4) is 0 Å². The van der Waals surface area contributed by atoms with Gasteiger partial charge in [-0.1, -0.05) is 27.2 Å². The lowest BCUT2D eigenvalue weighted by molar-refractivity contribution is 0.281. The van der Waals surface area contributed by atoms with E-state index in [9.17, 15) is 4.21 Å². The molecule has 0 aliphatic heterocycles. The zero-order valence-electron chi connectivity index (χ0n) is 8.00. The SMILES string of the molecule is CC(C)(C)CCCCOS(=O)O. The molecule has 0 rings (SSSR count). The lowest BCUT2D eigenvalue weighted by atomic mass is 9.90. The fraction of sp³-hybridized carbons (Fsp3) is 1.00. The monoisotopic (exact) mass is 194 g/mol. The Morgan fingerprint density at radius 2 is 1.92 bits per heavy atom. The van der Waals surface area contributed by atoms with Gasteiger partial charge < -0.3 is 0 Å². The number of hydrogen-bond acceptors (Lipinski definition) is 2. The Morgan fingerprint density at radius 1 is 1.33 bits per heavy atom. The molecule has 0 aliphatic carbocycles. The van der Waals surface area contributed by atoms with Crippen LogP contribution in [-0.2, 0) is 15.5 Å². The molecule has 0 saturated heterocycles. The minimum atomic E-state index is -2.09. The lowest BCUT2D eigenvalue weighted by Gasteiger charge is -2.17. The van der Waals surface area contributed by atoms with Crippen LogP contribution < -0.4 is 0 Å². The predicted octanol–water partition coefficient (Wildman–Crippen LogP) is 2.36. The summed E-state index contributed by atoms with van der Waals surface area (Å²) < 4.78 is 22.8. The van der Waals surface area contributed by atoms with E-state index in [1.807, 2.05) is 0 Å². The third-order valence-corrected chi connectivity index (χ3v) is 1.87. The second-order valence-corrected chi connectivity index (χ2v) is 4.73. The van der Waals surface area contributed by atoms with Crippen molar-refractivity contribution in [2.75, 3.05) is 6.61 Å². The quantitative estimate of drug-likeness (QED) is 0.540. The van der Waals surface area contributed by atoms with Gasteiger partial charge in [-0.2, -0.15) is 4.21 Å². The Morgan fingerprint density at radius 3 is 2.33 bits per heavy atom. The van der Waals surface area contributed by atoms with Crippen molar-refractivity contribution in [2.45, 2.75) is 40.0 Å². The van der Waals surface area contributed by atoms with E-state index < -0.39 is 11.4 Å². The molecule has 0 aliphatic rings. The van der Waals surface area contributed by atoms with Gasteiger partial charge in [-0.25, -0.2) is 0 Å². The van der Waals surface area contributed by atoms with Crippen molar-refractivity contribution in [1.29, 1.82) is 0 Å². The first kappa shape index (κ1) is 12.1. The van der Waals surface area contributed by atoms with E-state index in [-0.39, 0.29) is 0 Å². The van der Waals surface area contributed by atoms with Crippen LogP contribution >= 0.6 is 0 Å². The van der Waals surface area contributed by atoms with Crippen molar-refractivity contribution in [2.24, 2.45) is 5.41 Å². The number of unbranched alkanes of at least 4 members (excludes halogenated alkanes) is 1. The molecule has 0 spiro atoms. The molecular formula is C8H18O3S. The summed E-state index contributed by atoms with van der Waals surface area (Å²) in [5, 5.41) is 0. The Balaban J connectivity index is 3.17. The van der Waals surface area contributed by atoms with Crippen LogP contribution in [-0.4, -0.2) is 15.4 Å². The summed E-state index contributed by atoms with van der Waals surface area (Å²) >= 11 is -2.09. The van der Waals surface area contributed by atoms with Gasteiger partial charge in [-0.3, -0.25) is 8.74 Å². The zero-order valence-corrected chi connectivity index (χ0v) is 8.82. The van der Waals surface area contributed by atoms with Crippen molar-refractivity contribution in [3.05, 3.63) is 0 Å². The third kappa shape index (κ3) is 10.1. The molecule has 3 nitrogen and oxygen atoms in total. The Hall–Kier alpha value is 0.0700. The number of hydrogen-bond donors (Lipinski definition) is 1. The van der Waals surface area contributed by atoms with Crippen molar-refractivity contribution in [1.82, 2.24) is 0 Å². The summed E-state index contributed by atoms with van der Waals surface area (Å²) in [6, 6.07) is 0. The van der Waals surface area contributed by atoms with Gasteiger partial charge in [0.1, 0.15) is 0 Å². The van der Waals surface area contributed by atoms with Gasteiger partial charge in [0.15, 0.2) is 0 Å². The van der Waals surface area contributed by atoms with Gasteiger partial charge in [0.25, 0.3) is 0 Å². The maximum atomic E-state index is 10.0. The van der Waals surface area contributed by atoms with E-state index in [1.165, 1.54) is 0 Å². The molecule has 0 amide bonds. The average Bonchev–Trinajstić information content (AvgIpc) is 1.83. The number of rotatable bonds is 5. The van der Waals surface area contributed by atoms with Crippen LogP contribution in [0.5, 0.6) is 0 Å². The second-order valence-electron chi connectivity index (χ2n) is 4.06. The van der Waals surface area contributed by atoms with Gasteiger partial charge >= 0.3 is 11.4 Å². The van der Waals surface area contributed by atoms with Crippen LogP contribution in [0, 0.1) is 5.41 Å². The summed E-state index contributed by atoms with van der Waals surface area (Å²) in [7, 11) is 0. The molecular weight excluding hydrogens is 176 g/mol. The van der Waals surface area contributed by atoms with E-state index in [0.717, 1.165) is 19.3 Å². The molecule has 1 unspecified atom stereocenters. The highest BCUT2D eigenvalue weighted by molar-refractivity contribution is 7.74. The summed E-state index contributed by atoms with van der Waals surface area (Å²) in [5.41, 5.74) is 0.346. The van der Waals surface area contributed by atoms with Crippen LogP contribution in [0.25, 0.3) is 0 Å². The van der Waals surface area contributed by atoms with Crippen molar-refractivity contribution in [3.63, 3.8) is 0 Å². The van der Waals surface area contributed by atoms with E-state index in [0.29, 0.717) is 12.0 Å². The van der Waals surface area contributed by atoms with E-state index in [1.54, 1.807) is 0 Å². The topological polar surface area (TPSA) is 46.5 Å². The molecule has 0 heterocycles. The highest BCUT2D eigenvalue weighted by Crippen LogP contribution is 2.21. The molecule has 4 heteroatoms. The molecule has 0 fully saturated rings. The molecule has 0 radical (unpaired) electrons. The van der Waals surface area contributed by atoms with Crippen LogP contribution in [0.1, 0.15) is 40.0 Å². The molecule has 0 saturated carbocycles. The maximum Gasteiger partial charge on any atom is 0.301 e. The highest BCUT2D eigenvalue weighted by Gasteiger charge is 2.08. The lowest BCUT2D eigenvalue weighted by Crippen LogP contribution is -2.05. The molecule has 0 aromatic heterocycles. The second kappa shape index (κ2) is 5.67. The minimum Gasteiger partial charge on any atom is -0.284 e. The largest absolute Gasteiger partial charge is 0.301 e. The minimum absolute atomic E-state index is 0.346. The summed E-state index contributed by atoms with van der Waals surface area (Å²) in [5.74, 6) is 0. The fourth-order valence-corrected chi connectivity index (χ4v) is 1.15. The van der Waals surface area contributed by atoms with Crippen LogP contribution in [0.15, 0.2) is 0 Å². The Kier molecular flexibility index (Phi) is 5.70. The maximum absolute atomic E-state index is 10.0. The summed E-state index contributed by atoms with van der Waals surface area (Å²) in [4.78, 5) is 0. The first-order valence-corrected chi connectivity index (χ1v) is 5.19. The summed E-state index contributed by atoms with van der Waals surface area (Å²) in [6.45, 7) is 6.91. The molecule has 1 N–H and O–H groups in total. The predicted molar refractivity (Wildman–Crippen MR) is 50.0 cm³/mol. The molecule has 0 aromatic rings. The van der Waals surface area contributed by atoms with E-state index in [4.69, 9.17) is 4.55 Å². The Bertz CT molecular complexity index is 140. The molecule has 74 valence electrons. The average molecular weight is 194 g/mol. The molecule has 0 bridgehead atoms. The van der Waals surface area contributed by atoms with Crippen molar-refractivity contribution >= 4 is 11.4 Å². The van der Waals surface area contributed by atoms with E-state index in [2.05, 4.69) is 25.0 Å². The Labute approximate surface area is 77.0 Å². The van der Waals surface area contributed by atoms with Gasteiger partial charge in [0, 0.05) is 0 Å². The molecule has 0 aromatic carbocycles. The third-order valence-electron chi connectivity index (χ3n) is 1.51. The zero-order chi connectivity index (χ0) is 9.61. The van der Waals surface area contributed by atoms with Crippen LogP contribution in [0.4, 0.5) is 0 Å². The van der Waals surface area contributed by atoms with Gasteiger partial charge in [0.05, 0.1) is 6.61 Å². The highest BCUT2D eigenvalue weighted by atomic mass is 32.2. The fourth-order valence-electron chi connectivity index (χ4n) is 0.888. The van der Waals surface area contributed by atoms with Gasteiger partial charge in [-0.05, 0) is 18.3 Å². The van der Waals surface area contributed by atoms with Gasteiger partial charge in [-0.15, -0.1) is 0 Å². The first-order valence-electron chi connectivity index (χ1n) is 4.16. The standard InChI is InChI=1S/C8H18O3S/c1-8(2,3)6-4-5-7-11-12(9)10/h4-7H2,1-3H3,(H,9,10).